The van der Waals surface area contributed by atoms with Crippen molar-refractivity contribution in [3.8, 4) is 5.69 Å². The number of anilines is 1. The summed E-state index contributed by atoms with van der Waals surface area (Å²) < 4.78 is 1.97. The predicted octanol–water partition coefficient (Wildman–Crippen LogP) is 5.22. The van der Waals surface area contributed by atoms with Crippen LogP contribution >= 0.6 is 12.2 Å². The number of aliphatic hydroxyl groups is 1. The molecule has 34 heavy (non-hydrogen) atoms. The molecule has 1 aliphatic heterocycles. The fourth-order valence-corrected chi connectivity index (χ4v) is 5.15. The summed E-state index contributed by atoms with van der Waals surface area (Å²) in [5.41, 5.74) is 2.88. The first kappa shape index (κ1) is 22.3. The van der Waals surface area contributed by atoms with Crippen molar-refractivity contribution in [3.05, 3.63) is 115 Å². The van der Waals surface area contributed by atoms with Gasteiger partial charge < -0.3 is 19.9 Å². The number of rotatable bonds is 5. The van der Waals surface area contributed by atoms with E-state index in [4.69, 9.17) is 12.2 Å². The summed E-state index contributed by atoms with van der Waals surface area (Å²) in [6, 6.07) is 28.2. The molecule has 1 aromatic heterocycles. The zero-order valence-electron chi connectivity index (χ0n) is 18.9. The summed E-state index contributed by atoms with van der Waals surface area (Å²) in [5.74, 6) is 0.103. The van der Waals surface area contributed by atoms with Crippen LogP contribution in [0.1, 0.15) is 24.0 Å². The Balaban J connectivity index is 1.26. The Kier molecular flexibility index (Phi) is 6.43. The van der Waals surface area contributed by atoms with Crippen LogP contribution in [-0.4, -0.2) is 37.8 Å². The van der Waals surface area contributed by atoms with E-state index in [9.17, 15) is 5.11 Å². The number of thiocarbonyl (C=S) groups is 1. The molecule has 6 heteroatoms. The lowest BCUT2D eigenvalue weighted by Crippen LogP contribution is -2.47. The average molecular weight is 469 g/mol. The van der Waals surface area contributed by atoms with Crippen LogP contribution in [-0.2, 0) is 5.60 Å². The maximum atomic E-state index is 12.1. The molecule has 1 aliphatic rings. The van der Waals surface area contributed by atoms with Crippen LogP contribution in [0.25, 0.3) is 5.69 Å². The minimum atomic E-state index is -1.02. The molecule has 2 N–H and O–H groups in total. The molecule has 2 heterocycles. The maximum Gasteiger partial charge on any atom is 0.173 e. The van der Waals surface area contributed by atoms with E-state index in [0.29, 0.717) is 0 Å². The number of hydrogen-bond donors (Lipinski definition) is 2. The summed E-state index contributed by atoms with van der Waals surface area (Å²) in [5, 5.41) is 16.2. The second-order valence-electron chi connectivity index (χ2n) is 8.71. The highest BCUT2D eigenvalue weighted by atomic mass is 32.1. The van der Waals surface area contributed by atoms with Crippen LogP contribution in [0, 0.1) is 5.92 Å². The third-order valence-electron chi connectivity index (χ3n) is 6.72. The molecule has 4 aromatic rings. The number of nitrogens with one attached hydrogen (secondary N) is 1. The van der Waals surface area contributed by atoms with Crippen molar-refractivity contribution >= 4 is 23.0 Å². The molecule has 5 nitrogen and oxygen atoms in total. The topological polar surface area (TPSA) is 53.3 Å². The summed E-state index contributed by atoms with van der Waals surface area (Å²) in [6.45, 7) is 1.59. The van der Waals surface area contributed by atoms with Gasteiger partial charge in [0.05, 0.1) is 6.33 Å². The van der Waals surface area contributed by atoms with E-state index in [2.05, 4.69) is 15.2 Å². The first-order valence-electron chi connectivity index (χ1n) is 11.6. The zero-order chi connectivity index (χ0) is 23.4. The maximum absolute atomic E-state index is 12.1. The minimum absolute atomic E-state index is 0.103. The Morgan fingerprint density at radius 3 is 2.00 bits per heavy atom. The van der Waals surface area contributed by atoms with Crippen molar-refractivity contribution in [2.24, 2.45) is 5.92 Å². The van der Waals surface area contributed by atoms with Crippen molar-refractivity contribution in [1.82, 2.24) is 14.5 Å². The number of nitrogens with zero attached hydrogens (tertiary/aromatic N) is 3. The molecule has 0 atom stereocenters. The molecule has 1 fully saturated rings. The van der Waals surface area contributed by atoms with Gasteiger partial charge in [-0.2, -0.15) is 0 Å². The van der Waals surface area contributed by atoms with E-state index in [1.807, 2.05) is 95.7 Å². The quantitative estimate of drug-likeness (QED) is 0.394. The van der Waals surface area contributed by atoms with Crippen LogP contribution in [0.2, 0.25) is 0 Å². The second-order valence-corrected chi connectivity index (χ2v) is 9.09. The smallest absolute Gasteiger partial charge is 0.173 e. The fraction of sp³-hybridized carbons (Fsp3) is 0.214. The Hall–Kier alpha value is -3.48. The summed E-state index contributed by atoms with van der Waals surface area (Å²) in [7, 11) is 0. The van der Waals surface area contributed by atoms with Crippen molar-refractivity contribution in [2.75, 3.05) is 18.4 Å². The lowest BCUT2D eigenvalue weighted by molar-refractivity contribution is -0.00631. The standard InChI is InChI=1S/C28H28N4OS/c33-28(22-7-3-1-4-8-22,23-9-5-2-6-10-23)24-15-18-31(19-16-24)27(34)30-25-11-13-26(14-12-25)32-20-17-29-21-32/h1-14,17,20-21,24,33H,15-16,18-19H2,(H,30,34). The molecule has 1 saturated heterocycles. The molecule has 0 aliphatic carbocycles. The Bertz CT molecular complexity index is 1160. The molecule has 0 saturated carbocycles. The molecule has 0 bridgehead atoms. The molecule has 0 radical (unpaired) electrons. The van der Waals surface area contributed by atoms with Gasteiger partial charge in [0.25, 0.3) is 0 Å². The van der Waals surface area contributed by atoms with E-state index in [1.54, 1.807) is 12.5 Å². The van der Waals surface area contributed by atoms with E-state index in [0.717, 1.165) is 53.5 Å². The SMILES string of the molecule is OC(c1ccccc1)(c1ccccc1)C1CCN(C(=S)Nc2ccc(-n3ccnc3)cc2)CC1. The number of likely N-dealkylation sites (tertiary alicyclic amines) is 1. The Labute approximate surface area is 205 Å². The van der Waals surface area contributed by atoms with Gasteiger partial charge in [0.1, 0.15) is 5.60 Å². The van der Waals surface area contributed by atoms with E-state index in [1.165, 1.54) is 0 Å². The minimum Gasteiger partial charge on any atom is -0.380 e. The van der Waals surface area contributed by atoms with Gasteiger partial charge in [0.15, 0.2) is 5.11 Å². The van der Waals surface area contributed by atoms with Gasteiger partial charge >= 0.3 is 0 Å². The molecular weight excluding hydrogens is 440 g/mol. The van der Waals surface area contributed by atoms with Gasteiger partial charge in [0, 0.05) is 36.9 Å². The third kappa shape index (κ3) is 4.47. The largest absolute Gasteiger partial charge is 0.380 e. The highest BCUT2D eigenvalue weighted by Crippen LogP contribution is 2.41. The van der Waals surface area contributed by atoms with Crippen molar-refractivity contribution in [1.29, 1.82) is 0 Å². The van der Waals surface area contributed by atoms with Gasteiger partial charge in [-0.3, -0.25) is 0 Å². The molecule has 0 unspecified atom stereocenters. The number of benzene rings is 3. The Morgan fingerprint density at radius 1 is 0.882 bits per heavy atom. The van der Waals surface area contributed by atoms with Crippen LogP contribution in [0.4, 0.5) is 5.69 Å². The molecular formula is C28H28N4OS. The number of piperidine rings is 1. The van der Waals surface area contributed by atoms with Crippen LogP contribution in [0.3, 0.4) is 0 Å². The monoisotopic (exact) mass is 468 g/mol. The van der Waals surface area contributed by atoms with Crippen molar-refractivity contribution in [2.45, 2.75) is 18.4 Å². The molecule has 0 spiro atoms. The highest BCUT2D eigenvalue weighted by Gasteiger charge is 2.41. The summed E-state index contributed by atoms with van der Waals surface area (Å²) >= 11 is 5.72. The van der Waals surface area contributed by atoms with Crippen molar-refractivity contribution in [3.63, 3.8) is 0 Å². The lowest BCUT2D eigenvalue weighted by atomic mass is 9.72. The van der Waals surface area contributed by atoms with Gasteiger partial charge in [-0.05, 0) is 66.4 Å². The van der Waals surface area contributed by atoms with Crippen LogP contribution < -0.4 is 5.32 Å². The molecule has 172 valence electrons. The average Bonchev–Trinajstić information content (AvgIpc) is 3.45. The van der Waals surface area contributed by atoms with Gasteiger partial charge in [-0.15, -0.1) is 0 Å². The summed E-state index contributed by atoms with van der Waals surface area (Å²) in [4.78, 5) is 6.29. The predicted molar refractivity (Wildman–Crippen MR) is 140 cm³/mol. The first-order valence-corrected chi connectivity index (χ1v) is 12.0. The number of aromatic nitrogens is 2. The highest BCUT2D eigenvalue weighted by molar-refractivity contribution is 7.80. The van der Waals surface area contributed by atoms with Gasteiger partial charge in [-0.25, -0.2) is 4.98 Å². The molecule has 5 rings (SSSR count). The zero-order valence-corrected chi connectivity index (χ0v) is 19.7. The Morgan fingerprint density at radius 2 is 1.47 bits per heavy atom. The van der Waals surface area contributed by atoms with E-state index < -0.39 is 5.60 Å². The summed E-state index contributed by atoms with van der Waals surface area (Å²) in [6.07, 6.45) is 7.16. The van der Waals surface area contributed by atoms with E-state index in [-0.39, 0.29) is 5.92 Å². The fourth-order valence-electron chi connectivity index (χ4n) is 4.85. The lowest BCUT2D eigenvalue weighted by Gasteiger charge is -2.43. The van der Waals surface area contributed by atoms with Crippen molar-refractivity contribution < 1.29 is 5.11 Å². The number of imidazole rings is 1. The first-order chi connectivity index (χ1) is 16.6. The number of hydrogen-bond acceptors (Lipinski definition) is 3. The third-order valence-corrected chi connectivity index (χ3v) is 7.08. The molecule has 0 amide bonds. The van der Waals surface area contributed by atoms with E-state index >= 15 is 0 Å². The van der Waals surface area contributed by atoms with Gasteiger partial charge in [0.2, 0.25) is 0 Å². The second kappa shape index (κ2) is 9.79. The van der Waals surface area contributed by atoms with Gasteiger partial charge in [-0.1, -0.05) is 60.7 Å². The van der Waals surface area contributed by atoms with Crippen LogP contribution in [0.5, 0.6) is 0 Å². The molecule has 3 aromatic carbocycles. The normalized spacial score (nSPS) is 14.7. The van der Waals surface area contributed by atoms with Crippen LogP contribution in [0.15, 0.2) is 104 Å².